The van der Waals surface area contributed by atoms with E-state index in [1.54, 1.807) is 11.8 Å². The van der Waals surface area contributed by atoms with Crippen LogP contribution in [0.15, 0.2) is 28.7 Å². The van der Waals surface area contributed by atoms with Gasteiger partial charge in [-0.15, -0.1) is 5.10 Å². The predicted octanol–water partition coefficient (Wildman–Crippen LogP) is 3.11. The summed E-state index contributed by atoms with van der Waals surface area (Å²) in [4.78, 5) is 14.5. The molecule has 1 aromatic heterocycles. The number of benzene rings is 1. The van der Waals surface area contributed by atoms with E-state index in [1.165, 1.54) is 0 Å². The molecule has 0 saturated carbocycles. The van der Waals surface area contributed by atoms with Gasteiger partial charge in [0.15, 0.2) is 0 Å². The second kappa shape index (κ2) is 8.46. The number of esters is 1. The smallest absolute Gasteiger partial charge is 0.310 e. The normalized spacial score (nSPS) is 17.8. The number of likely N-dealkylation sites (tertiary alicyclic amines) is 1. The minimum Gasteiger partial charge on any atom is -0.497 e. The predicted molar refractivity (Wildman–Crippen MR) is 98.2 cm³/mol. The van der Waals surface area contributed by atoms with Crippen molar-refractivity contribution in [2.75, 3.05) is 26.8 Å². The summed E-state index contributed by atoms with van der Waals surface area (Å²) in [5.41, 5.74) is 0.832. The topological polar surface area (TPSA) is 69.7 Å². The van der Waals surface area contributed by atoms with Gasteiger partial charge in [-0.1, -0.05) is 0 Å². The number of rotatable bonds is 6. The maximum atomic E-state index is 12.0. The number of nitrogens with zero attached hydrogens (tertiary/aromatic N) is 3. The summed E-state index contributed by atoms with van der Waals surface area (Å²) in [5, 5.41) is 4.48. The number of carbonyl (C=O) groups excluding carboxylic acids is 1. The van der Waals surface area contributed by atoms with Gasteiger partial charge in [0, 0.05) is 12.1 Å². The average Bonchev–Trinajstić information content (AvgIpc) is 3.03. The fourth-order valence-corrected chi connectivity index (χ4v) is 3.25. The van der Waals surface area contributed by atoms with Crippen LogP contribution >= 0.6 is 12.2 Å². The minimum absolute atomic E-state index is 0.0918. The molecule has 1 saturated heterocycles. The van der Waals surface area contributed by atoms with Crippen molar-refractivity contribution in [1.82, 2.24) is 14.7 Å². The van der Waals surface area contributed by atoms with Gasteiger partial charge in [0.25, 0.3) is 4.84 Å². The Balaban J connectivity index is 1.69. The third kappa shape index (κ3) is 4.31. The highest BCUT2D eigenvalue weighted by Crippen LogP contribution is 2.22. The number of methoxy groups -OCH3 is 1. The van der Waals surface area contributed by atoms with E-state index in [4.69, 9.17) is 26.1 Å². The van der Waals surface area contributed by atoms with Crippen LogP contribution in [0.5, 0.6) is 5.75 Å². The second-order valence-corrected chi connectivity index (χ2v) is 6.56. The summed E-state index contributed by atoms with van der Waals surface area (Å²) < 4.78 is 17.6. The molecule has 0 radical (unpaired) electrons. The van der Waals surface area contributed by atoms with Crippen molar-refractivity contribution in [2.24, 2.45) is 5.92 Å². The SMILES string of the molecule is CCOC(=O)[C@@H]1CCCN(Cn2nc(-c3ccc(OC)cc3)oc2=S)C1. The van der Waals surface area contributed by atoms with Crippen molar-refractivity contribution in [3.8, 4) is 17.2 Å². The molecule has 2 heterocycles. The van der Waals surface area contributed by atoms with Gasteiger partial charge in [-0.05, 0) is 62.8 Å². The lowest BCUT2D eigenvalue weighted by molar-refractivity contribution is -0.150. The van der Waals surface area contributed by atoms with Crippen LogP contribution in [0.3, 0.4) is 0 Å². The van der Waals surface area contributed by atoms with E-state index in [0.29, 0.717) is 30.5 Å². The van der Waals surface area contributed by atoms with Crippen LogP contribution in [0.2, 0.25) is 0 Å². The van der Waals surface area contributed by atoms with Crippen molar-refractivity contribution >= 4 is 18.2 Å². The molecule has 2 aromatic rings. The first-order valence-corrected chi connectivity index (χ1v) is 9.13. The lowest BCUT2D eigenvalue weighted by Gasteiger charge is -2.30. The number of ether oxygens (including phenoxy) is 2. The molecule has 26 heavy (non-hydrogen) atoms. The summed E-state index contributed by atoms with van der Waals surface area (Å²) in [6.45, 7) is 4.27. The van der Waals surface area contributed by atoms with E-state index in [9.17, 15) is 4.79 Å². The molecule has 1 aliphatic rings. The van der Waals surface area contributed by atoms with E-state index in [0.717, 1.165) is 30.7 Å². The van der Waals surface area contributed by atoms with Crippen LogP contribution in [0.4, 0.5) is 0 Å². The molecule has 0 spiro atoms. The summed E-state index contributed by atoms with van der Waals surface area (Å²) in [5.74, 6) is 1.02. The molecule has 140 valence electrons. The van der Waals surface area contributed by atoms with Crippen molar-refractivity contribution < 1.29 is 18.7 Å². The first kappa shape index (κ1) is 18.6. The fraction of sp³-hybridized carbons (Fsp3) is 0.500. The second-order valence-electron chi connectivity index (χ2n) is 6.21. The van der Waals surface area contributed by atoms with Gasteiger partial charge >= 0.3 is 5.97 Å². The molecule has 7 nitrogen and oxygen atoms in total. The van der Waals surface area contributed by atoms with Crippen LogP contribution in [0, 0.1) is 10.8 Å². The Morgan fingerprint density at radius 3 is 2.85 bits per heavy atom. The third-order valence-electron chi connectivity index (χ3n) is 4.40. The van der Waals surface area contributed by atoms with E-state index in [1.807, 2.05) is 31.2 Å². The van der Waals surface area contributed by atoms with E-state index >= 15 is 0 Å². The molecule has 1 aliphatic heterocycles. The third-order valence-corrected chi connectivity index (χ3v) is 4.70. The maximum Gasteiger partial charge on any atom is 0.310 e. The summed E-state index contributed by atoms with van der Waals surface area (Å²) >= 11 is 5.30. The van der Waals surface area contributed by atoms with Gasteiger partial charge in [-0.2, -0.15) is 0 Å². The molecule has 0 N–H and O–H groups in total. The largest absolute Gasteiger partial charge is 0.497 e. The molecule has 0 amide bonds. The minimum atomic E-state index is -0.125. The van der Waals surface area contributed by atoms with E-state index in [-0.39, 0.29) is 11.9 Å². The first-order valence-electron chi connectivity index (χ1n) is 8.72. The average molecular weight is 377 g/mol. The Morgan fingerprint density at radius 1 is 1.38 bits per heavy atom. The van der Waals surface area contributed by atoms with Gasteiger partial charge < -0.3 is 13.9 Å². The Morgan fingerprint density at radius 2 is 2.15 bits per heavy atom. The molecular formula is C18H23N3O4S. The van der Waals surface area contributed by atoms with Gasteiger partial charge in [0.05, 0.1) is 26.3 Å². The van der Waals surface area contributed by atoms with Crippen LogP contribution < -0.4 is 4.74 Å². The molecule has 0 unspecified atom stereocenters. The number of hydrogen-bond acceptors (Lipinski definition) is 7. The lowest BCUT2D eigenvalue weighted by Crippen LogP contribution is -2.40. The summed E-state index contributed by atoms with van der Waals surface area (Å²) in [6, 6.07) is 7.45. The molecule has 0 bridgehead atoms. The molecule has 3 rings (SSSR count). The molecule has 1 fully saturated rings. The Hall–Kier alpha value is -2.19. The highest BCUT2D eigenvalue weighted by molar-refractivity contribution is 7.71. The molecule has 8 heteroatoms. The van der Waals surface area contributed by atoms with Crippen molar-refractivity contribution in [1.29, 1.82) is 0 Å². The molecular weight excluding hydrogens is 354 g/mol. The van der Waals surface area contributed by atoms with Gasteiger partial charge in [-0.25, -0.2) is 4.68 Å². The fourth-order valence-electron chi connectivity index (χ4n) is 3.07. The number of piperidine rings is 1. The Bertz CT molecular complexity index is 800. The maximum absolute atomic E-state index is 12.0. The Kier molecular flexibility index (Phi) is 6.05. The molecule has 1 aromatic carbocycles. The van der Waals surface area contributed by atoms with E-state index < -0.39 is 0 Å². The summed E-state index contributed by atoms with van der Waals surface area (Å²) in [6.07, 6.45) is 1.80. The van der Waals surface area contributed by atoms with Crippen LogP contribution in [0.1, 0.15) is 19.8 Å². The van der Waals surface area contributed by atoms with Crippen LogP contribution in [-0.4, -0.2) is 47.5 Å². The number of carbonyl (C=O) groups is 1. The van der Waals surface area contributed by atoms with E-state index in [2.05, 4.69) is 10.00 Å². The first-order chi connectivity index (χ1) is 12.6. The van der Waals surface area contributed by atoms with Crippen LogP contribution in [0.25, 0.3) is 11.5 Å². The van der Waals surface area contributed by atoms with Gasteiger partial charge in [0.2, 0.25) is 5.89 Å². The Labute approximate surface area is 157 Å². The zero-order chi connectivity index (χ0) is 18.5. The molecule has 1 atom stereocenters. The van der Waals surface area contributed by atoms with Crippen molar-refractivity contribution in [2.45, 2.75) is 26.4 Å². The van der Waals surface area contributed by atoms with Gasteiger partial charge in [-0.3, -0.25) is 9.69 Å². The monoisotopic (exact) mass is 377 g/mol. The zero-order valence-electron chi connectivity index (χ0n) is 15.0. The molecule has 0 aliphatic carbocycles. The van der Waals surface area contributed by atoms with Crippen LogP contribution in [-0.2, 0) is 16.2 Å². The van der Waals surface area contributed by atoms with Crippen molar-refractivity contribution in [3.63, 3.8) is 0 Å². The van der Waals surface area contributed by atoms with Crippen molar-refractivity contribution in [3.05, 3.63) is 29.1 Å². The highest BCUT2D eigenvalue weighted by Gasteiger charge is 2.27. The quantitative estimate of drug-likeness (QED) is 0.566. The number of hydrogen-bond donors (Lipinski definition) is 0. The van der Waals surface area contributed by atoms with Gasteiger partial charge in [0.1, 0.15) is 5.75 Å². The summed E-state index contributed by atoms with van der Waals surface area (Å²) in [7, 11) is 1.62. The standard InChI is InChI=1S/C18H23N3O4S/c1-3-24-17(22)14-5-4-10-20(11-14)12-21-18(26)25-16(19-21)13-6-8-15(23-2)9-7-13/h6-9,14H,3-5,10-12H2,1-2H3/t14-/m1/s1. The lowest BCUT2D eigenvalue weighted by atomic mass is 9.99. The number of aromatic nitrogens is 2. The zero-order valence-corrected chi connectivity index (χ0v) is 15.8. The highest BCUT2D eigenvalue weighted by atomic mass is 32.1.